The number of nitrogens with zero attached hydrogens (tertiary/aromatic N) is 3. The van der Waals surface area contributed by atoms with Crippen molar-refractivity contribution in [1.29, 1.82) is 0 Å². The predicted molar refractivity (Wildman–Crippen MR) is 62.2 cm³/mol. The smallest absolute Gasteiger partial charge is 0.0964 e. The molecule has 6 nitrogen and oxygen atoms in total. The summed E-state index contributed by atoms with van der Waals surface area (Å²) in [5.74, 6) is 0.581. The molecular formula is C11H20N4O2. The summed E-state index contributed by atoms with van der Waals surface area (Å²) >= 11 is 0. The van der Waals surface area contributed by atoms with Crippen molar-refractivity contribution < 1.29 is 10.2 Å². The fraction of sp³-hybridized carbons (Fsp3) is 0.818. The van der Waals surface area contributed by atoms with Gasteiger partial charge in [-0.15, -0.1) is 5.10 Å². The van der Waals surface area contributed by atoms with Crippen LogP contribution >= 0.6 is 0 Å². The Morgan fingerprint density at radius 1 is 1.47 bits per heavy atom. The van der Waals surface area contributed by atoms with Gasteiger partial charge in [-0.1, -0.05) is 5.21 Å². The molecule has 2 atom stereocenters. The van der Waals surface area contributed by atoms with Gasteiger partial charge in [0.05, 0.1) is 24.9 Å². The van der Waals surface area contributed by atoms with Crippen molar-refractivity contribution in [2.24, 2.45) is 5.92 Å². The van der Waals surface area contributed by atoms with Crippen LogP contribution in [0.3, 0.4) is 0 Å². The van der Waals surface area contributed by atoms with Gasteiger partial charge >= 0.3 is 0 Å². The number of aromatic nitrogens is 3. The number of rotatable bonds is 6. The molecule has 0 bridgehead atoms. The molecule has 17 heavy (non-hydrogen) atoms. The van der Waals surface area contributed by atoms with Crippen LogP contribution in [0.4, 0.5) is 0 Å². The van der Waals surface area contributed by atoms with Crippen molar-refractivity contribution >= 4 is 0 Å². The fourth-order valence-electron chi connectivity index (χ4n) is 2.27. The molecule has 0 saturated heterocycles. The van der Waals surface area contributed by atoms with Crippen molar-refractivity contribution in [3.63, 3.8) is 0 Å². The molecular weight excluding hydrogens is 220 g/mol. The zero-order chi connectivity index (χ0) is 12.1. The normalized spacial score (nSPS) is 24.4. The third kappa shape index (κ3) is 3.76. The van der Waals surface area contributed by atoms with Crippen LogP contribution in [0.1, 0.15) is 25.0 Å². The standard InChI is InChI=1S/C11H20N4O2/c16-4-3-15-8-10(13-14-15)7-12-6-9-1-2-11(17)5-9/h8-9,11-12,16-17H,1-7H2. The molecule has 0 spiro atoms. The summed E-state index contributed by atoms with van der Waals surface area (Å²) in [6.07, 6.45) is 4.67. The van der Waals surface area contributed by atoms with E-state index in [4.69, 9.17) is 5.11 Å². The van der Waals surface area contributed by atoms with E-state index in [1.807, 2.05) is 6.20 Å². The highest BCUT2D eigenvalue weighted by molar-refractivity contribution is 4.91. The highest BCUT2D eigenvalue weighted by atomic mass is 16.3. The van der Waals surface area contributed by atoms with Gasteiger partial charge in [0.25, 0.3) is 0 Å². The van der Waals surface area contributed by atoms with E-state index in [0.29, 0.717) is 19.0 Å². The van der Waals surface area contributed by atoms with E-state index in [2.05, 4.69) is 15.6 Å². The van der Waals surface area contributed by atoms with E-state index in [1.54, 1.807) is 4.68 Å². The Morgan fingerprint density at radius 2 is 2.35 bits per heavy atom. The average Bonchev–Trinajstić information content (AvgIpc) is 2.89. The molecule has 96 valence electrons. The lowest BCUT2D eigenvalue weighted by Crippen LogP contribution is -2.21. The number of nitrogens with one attached hydrogen (secondary N) is 1. The molecule has 1 aromatic heterocycles. The van der Waals surface area contributed by atoms with E-state index in [9.17, 15) is 5.11 Å². The monoisotopic (exact) mass is 240 g/mol. The number of hydrogen-bond donors (Lipinski definition) is 3. The summed E-state index contributed by atoms with van der Waals surface area (Å²) in [5.41, 5.74) is 0.886. The first-order valence-electron chi connectivity index (χ1n) is 6.16. The fourth-order valence-corrected chi connectivity index (χ4v) is 2.27. The van der Waals surface area contributed by atoms with Gasteiger partial charge in [-0.05, 0) is 31.7 Å². The lowest BCUT2D eigenvalue weighted by molar-refractivity contribution is 0.177. The van der Waals surface area contributed by atoms with Crippen LogP contribution in [0, 0.1) is 5.92 Å². The second kappa shape index (κ2) is 6.09. The predicted octanol–water partition coefficient (Wildman–Crippen LogP) is -0.479. The molecule has 3 N–H and O–H groups in total. The first-order valence-corrected chi connectivity index (χ1v) is 6.16. The molecule has 1 fully saturated rings. The Labute approximate surface area is 101 Å². The van der Waals surface area contributed by atoms with E-state index in [-0.39, 0.29) is 12.7 Å². The lowest BCUT2D eigenvalue weighted by atomic mass is 10.1. The second-order valence-corrected chi connectivity index (χ2v) is 4.66. The highest BCUT2D eigenvalue weighted by Gasteiger charge is 2.22. The maximum atomic E-state index is 9.40. The SMILES string of the molecule is OCCn1cc(CNCC2CCC(O)C2)nn1. The molecule has 0 aliphatic heterocycles. The zero-order valence-electron chi connectivity index (χ0n) is 9.92. The van der Waals surface area contributed by atoms with E-state index in [1.165, 1.54) is 0 Å². The Bertz CT molecular complexity index is 342. The summed E-state index contributed by atoms with van der Waals surface area (Å²) in [4.78, 5) is 0. The van der Waals surface area contributed by atoms with Crippen molar-refractivity contribution in [2.75, 3.05) is 13.2 Å². The summed E-state index contributed by atoms with van der Waals surface area (Å²) in [5, 5.41) is 29.4. The quantitative estimate of drug-likeness (QED) is 0.625. The van der Waals surface area contributed by atoms with Gasteiger partial charge in [0.15, 0.2) is 0 Å². The summed E-state index contributed by atoms with van der Waals surface area (Å²) in [6.45, 7) is 2.18. The van der Waals surface area contributed by atoms with Crippen LogP contribution in [-0.4, -0.2) is 44.5 Å². The maximum Gasteiger partial charge on any atom is 0.0964 e. The minimum Gasteiger partial charge on any atom is -0.394 e. The van der Waals surface area contributed by atoms with Crippen LogP contribution in [0.25, 0.3) is 0 Å². The van der Waals surface area contributed by atoms with Gasteiger partial charge in [0, 0.05) is 12.7 Å². The lowest BCUT2D eigenvalue weighted by Gasteiger charge is -2.09. The molecule has 2 unspecified atom stereocenters. The van der Waals surface area contributed by atoms with Crippen molar-refractivity contribution in [3.8, 4) is 0 Å². The molecule has 0 aromatic carbocycles. The van der Waals surface area contributed by atoms with Crippen molar-refractivity contribution in [3.05, 3.63) is 11.9 Å². The molecule has 1 saturated carbocycles. The third-order valence-electron chi connectivity index (χ3n) is 3.17. The van der Waals surface area contributed by atoms with E-state index < -0.39 is 0 Å². The van der Waals surface area contributed by atoms with Gasteiger partial charge in [0.2, 0.25) is 0 Å². The largest absolute Gasteiger partial charge is 0.394 e. The van der Waals surface area contributed by atoms with Crippen LogP contribution in [0.5, 0.6) is 0 Å². The molecule has 0 radical (unpaired) electrons. The minimum atomic E-state index is -0.104. The Morgan fingerprint density at radius 3 is 3.06 bits per heavy atom. The van der Waals surface area contributed by atoms with Crippen molar-refractivity contribution in [2.45, 2.75) is 38.5 Å². The third-order valence-corrected chi connectivity index (χ3v) is 3.17. The number of aliphatic hydroxyl groups excluding tert-OH is 2. The van der Waals surface area contributed by atoms with Gasteiger partial charge in [-0.2, -0.15) is 0 Å². The van der Waals surface area contributed by atoms with Gasteiger partial charge in [-0.25, -0.2) is 4.68 Å². The first kappa shape index (κ1) is 12.5. The summed E-state index contributed by atoms with van der Waals surface area (Å²) in [7, 11) is 0. The van der Waals surface area contributed by atoms with Crippen molar-refractivity contribution in [1.82, 2.24) is 20.3 Å². The molecule has 0 amide bonds. The average molecular weight is 240 g/mol. The molecule has 6 heteroatoms. The molecule has 1 heterocycles. The maximum absolute atomic E-state index is 9.40. The first-order chi connectivity index (χ1) is 8.28. The second-order valence-electron chi connectivity index (χ2n) is 4.66. The molecule has 1 aliphatic carbocycles. The van der Waals surface area contributed by atoms with Crippen LogP contribution in [-0.2, 0) is 13.1 Å². The van der Waals surface area contributed by atoms with Crippen LogP contribution < -0.4 is 5.32 Å². The Hall–Kier alpha value is -0.980. The Balaban J connectivity index is 1.67. The van der Waals surface area contributed by atoms with E-state index >= 15 is 0 Å². The van der Waals surface area contributed by atoms with E-state index in [0.717, 1.165) is 31.5 Å². The molecule has 1 aliphatic rings. The highest BCUT2D eigenvalue weighted by Crippen LogP contribution is 2.24. The number of hydrogen-bond acceptors (Lipinski definition) is 5. The number of aliphatic hydroxyl groups is 2. The molecule has 1 aromatic rings. The van der Waals surface area contributed by atoms with Crippen LogP contribution in [0.2, 0.25) is 0 Å². The topological polar surface area (TPSA) is 83.2 Å². The van der Waals surface area contributed by atoms with Crippen LogP contribution in [0.15, 0.2) is 6.20 Å². The Kier molecular flexibility index (Phi) is 4.47. The van der Waals surface area contributed by atoms with Gasteiger partial charge in [-0.3, -0.25) is 0 Å². The summed E-state index contributed by atoms with van der Waals surface area (Å²) in [6, 6.07) is 0. The minimum absolute atomic E-state index is 0.0796. The van der Waals surface area contributed by atoms with Gasteiger partial charge in [0.1, 0.15) is 0 Å². The molecule has 2 rings (SSSR count). The van der Waals surface area contributed by atoms with Gasteiger partial charge < -0.3 is 15.5 Å². The zero-order valence-corrected chi connectivity index (χ0v) is 9.92. The summed E-state index contributed by atoms with van der Waals surface area (Å²) < 4.78 is 1.64.